The summed E-state index contributed by atoms with van der Waals surface area (Å²) in [5.41, 5.74) is 1.77. The summed E-state index contributed by atoms with van der Waals surface area (Å²) < 4.78 is 4.89. The van der Waals surface area contributed by atoms with E-state index in [0.29, 0.717) is 22.8 Å². The number of aromatic nitrogens is 1. The first-order valence-electron chi connectivity index (χ1n) is 9.98. The van der Waals surface area contributed by atoms with Gasteiger partial charge in [0.25, 0.3) is 5.91 Å². The maximum absolute atomic E-state index is 12.8. The van der Waals surface area contributed by atoms with Crippen molar-refractivity contribution in [3.8, 4) is 0 Å². The molecule has 1 aromatic heterocycles. The molecule has 0 bridgehead atoms. The van der Waals surface area contributed by atoms with E-state index in [0.717, 1.165) is 17.3 Å². The van der Waals surface area contributed by atoms with Gasteiger partial charge in [-0.25, -0.2) is 0 Å². The van der Waals surface area contributed by atoms with Crippen molar-refractivity contribution in [2.75, 3.05) is 22.1 Å². The summed E-state index contributed by atoms with van der Waals surface area (Å²) in [4.78, 5) is 37.1. The molecule has 8 nitrogen and oxygen atoms in total. The Morgan fingerprint density at radius 3 is 2.31 bits per heavy atom. The van der Waals surface area contributed by atoms with Gasteiger partial charge in [-0.05, 0) is 31.5 Å². The molecular formula is C23H24N4O4S. The molecule has 0 aliphatic carbocycles. The molecule has 0 fully saturated rings. The molecule has 3 aromatic rings. The summed E-state index contributed by atoms with van der Waals surface area (Å²) >= 11 is 1.15. The van der Waals surface area contributed by atoms with Crippen LogP contribution in [0.3, 0.4) is 0 Å². The van der Waals surface area contributed by atoms with Crippen LogP contribution in [0.1, 0.15) is 34.6 Å². The number of rotatable bonds is 9. The highest BCUT2D eigenvalue weighted by atomic mass is 32.2. The van der Waals surface area contributed by atoms with Gasteiger partial charge in [-0.2, -0.15) is 0 Å². The maximum Gasteiger partial charge on any atom is 0.253 e. The van der Waals surface area contributed by atoms with Crippen LogP contribution in [0, 0.1) is 6.92 Å². The Hall–Kier alpha value is -3.59. The molecular weight excluding hydrogens is 428 g/mol. The molecule has 0 saturated carbocycles. The molecule has 9 heteroatoms. The van der Waals surface area contributed by atoms with Crippen LogP contribution in [0.5, 0.6) is 0 Å². The number of aryl methyl sites for hydroxylation is 1. The van der Waals surface area contributed by atoms with E-state index in [2.05, 4.69) is 21.1 Å². The van der Waals surface area contributed by atoms with Gasteiger partial charge in [0.15, 0.2) is 5.82 Å². The van der Waals surface area contributed by atoms with E-state index in [-0.39, 0.29) is 35.3 Å². The first-order chi connectivity index (χ1) is 15.4. The zero-order chi connectivity index (χ0) is 22.9. The highest BCUT2D eigenvalue weighted by Gasteiger charge is 2.16. The Labute approximate surface area is 190 Å². The average molecular weight is 453 g/mol. The van der Waals surface area contributed by atoms with Crippen molar-refractivity contribution in [1.29, 1.82) is 0 Å². The van der Waals surface area contributed by atoms with E-state index in [1.54, 1.807) is 37.3 Å². The highest BCUT2D eigenvalue weighted by molar-refractivity contribution is 8.00. The Morgan fingerprint density at radius 1 is 0.969 bits per heavy atom. The summed E-state index contributed by atoms with van der Waals surface area (Å²) in [7, 11) is 0. The van der Waals surface area contributed by atoms with E-state index in [1.165, 1.54) is 0 Å². The van der Waals surface area contributed by atoms with Crippen molar-refractivity contribution < 1.29 is 18.9 Å². The lowest BCUT2D eigenvalue weighted by molar-refractivity contribution is -0.114. The van der Waals surface area contributed by atoms with Gasteiger partial charge in [-0.1, -0.05) is 47.6 Å². The summed E-state index contributed by atoms with van der Waals surface area (Å²) in [6, 6.07) is 17.9. The topological polar surface area (TPSA) is 113 Å². The fourth-order valence-electron chi connectivity index (χ4n) is 2.92. The Morgan fingerprint density at radius 2 is 1.62 bits per heavy atom. The number of amides is 3. The van der Waals surface area contributed by atoms with Crippen LogP contribution in [0.25, 0.3) is 0 Å². The molecule has 3 N–H and O–H groups in total. The minimum Gasteiger partial charge on any atom is -0.360 e. The van der Waals surface area contributed by atoms with Crippen LogP contribution in [0.15, 0.2) is 65.2 Å². The molecule has 1 atom stereocenters. The van der Waals surface area contributed by atoms with Gasteiger partial charge < -0.3 is 20.5 Å². The Bertz CT molecular complexity index is 1080. The summed E-state index contributed by atoms with van der Waals surface area (Å²) in [6.45, 7) is 3.62. The number of para-hydroxylation sites is 1. The monoisotopic (exact) mass is 452 g/mol. The number of anilines is 2. The van der Waals surface area contributed by atoms with Gasteiger partial charge in [0.2, 0.25) is 11.8 Å². The van der Waals surface area contributed by atoms with Crippen LogP contribution in [0.4, 0.5) is 11.5 Å². The summed E-state index contributed by atoms with van der Waals surface area (Å²) in [6.07, 6.45) is 0. The lowest BCUT2D eigenvalue weighted by atomic mass is 10.1. The SMILES string of the molecule is Cc1cc(NC(=O)CSCC(=O)Nc2ccccc2C(=O)N[C@H](C)c2ccccc2)no1. The molecule has 0 radical (unpaired) electrons. The number of benzene rings is 2. The number of hydrogen-bond acceptors (Lipinski definition) is 6. The number of carbonyl (C=O) groups is 3. The third-order valence-corrected chi connectivity index (χ3v) is 5.39. The predicted octanol–water partition coefficient (Wildman–Crippen LogP) is 3.78. The molecule has 0 saturated heterocycles. The van der Waals surface area contributed by atoms with Crippen LogP contribution in [-0.2, 0) is 9.59 Å². The zero-order valence-corrected chi connectivity index (χ0v) is 18.6. The number of nitrogens with one attached hydrogen (secondary N) is 3. The van der Waals surface area contributed by atoms with Crippen LogP contribution >= 0.6 is 11.8 Å². The quantitative estimate of drug-likeness (QED) is 0.455. The number of hydrogen-bond donors (Lipinski definition) is 3. The van der Waals surface area contributed by atoms with E-state index in [1.807, 2.05) is 37.3 Å². The van der Waals surface area contributed by atoms with Gasteiger partial charge in [0.05, 0.1) is 28.8 Å². The van der Waals surface area contributed by atoms with Crippen molar-refractivity contribution >= 4 is 41.0 Å². The lowest BCUT2D eigenvalue weighted by Crippen LogP contribution is -2.28. The fraction of sp³-hybridized carbons (Fsp3) is 0.217. The zero-order valence-electron chi connectivity index (χ0n) is 17.8. The molecule has 0 unspecified atom stereocenters. The van der Waals surface area contributed by atoms with E-state index >= 15 is 0 Å². The lowest BCUT2D eigenvalue weighted by Gasteiger charge is -2.16. The Kier molecular flexibility index (Phi) is 8.04. The van der Waals surface area contributed by atoms with Gasteiger partial charge in [0.1, 0.15) is 5.76 Å². The average Bonchev–Trinajstić information content (AvgIpc) is 3.19. The van der Waals surface area contributed by atoms with Crippen molar-refractivity contribution in [3.05, 3.63) is 77.6 Å². The second-order valence-corrected chi connectivity index (χ2v) is 8.05. The van der Waals surface area contributed by atoms with Crippen molar-refractivity contribution in [3.63, 3.8) is 0 Å². The minimum absolute atomic E-state index is 0.0572. The van der Waals surface area contributed by atoms with Crippen molar-refractivity contribution in [2.45, 2.75) is 19.9 Å². The first kappa shape index (κ1) is 23.1. The molecule has 1 heterocycles. The summed E-state index contributed by atoms with van der Waals surface area (Å²) in [5.74, 6) is 0.183. The third-order valence-electron chi connectivity index (χ3n) is 4.45. The fourth-order valence-corrected chi connectivity index (χ4v) is 3.53. The summed E-state index contributed by atoms with van der Waals surface area (Å²) in [5, 5.41) is 12.0. The number of thioether (sulfide) groups is 1. The molecule has 0 aliphatic rings. The molecule has 3 rings (SSSR count). The van der Waals surface area contributed by atoms with Gasteiger partial charge in [-0.15, -0.1) is 11.8 Å². The maximum atomic E-state index is 12.8. The number of carbonyl (C=O) groups excluding carboxylic acids is 3. The van der Waals surface area contributed by atoms with E-state index in [4.69, 9.17) is 4.52 Å². The van der Waals surface area contributed by atoms with Crippen molar-refractivity contribution in [1.82, 2.24) is 10.5 Å². The molecule has 3 amide bonds. The van der Waals surface area contributed by atoms with Crippen LogP contribution in [0.2, 0.25) is 0 Å². The largest absolute Gasteiger partial charge is 0.360 e. The van der Waals surface area contributed by atoms with Crippen LogP contribution in [-0.4, -0.2) is 34.4 Å². The third kappa shape index (κ3) is 6.71. The molecule has 2 aromatic carbocycles. The first-order valence-corrected chi connectivity index (χ1v) is 11.1. The highest BCUT2D eigenvalue weighted by Crippen LogP contribution is 2.18. The van der Waals surface area contributed by atoms with Gasteiger partial charge in [0, 0.05) is 6.07 Å². The second kappa shape index (κ2) is 11.1. The smallest absolute Gasteiger partial charge is 0.253 e. The van der Waals surface area contributed by atoms with Gasteiger partial charge in [-0.3, -0.25) is 14.4 Å². The molecule has 166 valence electrons. The van der Waals surface area contributed by atoms with Gasteiger partial charge >= 0.3 is 0 Å². The normalized spacial score (nSPS) is 11.4. The van der Waals surface area contributed by atoms with Crippen molar-refractivity contribution in [2.24, 2.45) is 0 Å². The minimum atomic E-state index is -0.309. The Balaban J connectivity index is 1.50. The molecule has 0 spiro atoms. The van der Waals surface area contributed by atoms with E-state index in [9.17, 15) is 14.4 Å². The molecule has 0 aliphatic heterocycles. The standard InChI is InChI=1S/C23H24N4O4S/c1-15-12-20(27-31-15)26-22(29)14-32-13-21(28)25-19-11-7-6-10-18(19)23(30)24-16(2)17-8-4-3-5-9-17/h3-12,16H,13-14H2,1-2H3,(H,24,30)(H,25,28)(H,26,27,29)/t16-/m1/s1. The molecule has 32 heavy (non-hydrogen) atoms. The van der Waals surface area contributed by atoms with E-state index < -0.39 is 0 Å². The van der Waals surface area contributed by atoms with Crippen LogP contribution < -0.4 is 16.0 Å². The number of nitrogens with zero attached hydrogens (tertiary/aromatic N) is 1. The second-order valence-electron chi connectivity index (χ2n) is 7.06. The predicted molar refractivity (Wildman–Crippen MR) is 125 cm³/mol.